The van der Waals surface area contributed by atoms with Gasteiger partial charge < -0.3 is 14.4 Å². The van der Waals surface area contributed by atoms with E-state index in [4.69, 9.17) is 9.47 Å². The smallest absolute Gasteiger partial charge is 0.339 e. The SMILES string of the molecule is CO[C@@H]1CCN(c2ccc3c(c2)C(=O)OC3Cc2ccc(F)c(F)c2)C1. The van der Waals surface area contributed by atoms with Crippen LogP contribution < -0.4 is 4.90 Å². The van der Waals surface area contributed by atoms with E-state index < -0.39 is 17.7 Å². The number of ether oxygens (including phenoxy) is 2. The van der Waals surface area contributed by atoms with Gasteiger partial charge in [0.1, 0.15) is 6.10 Å². The van der Waals surface area contributed by atoms with Crippen molar-refractivity contribution in [2.24, 2.45) is 0 Å². The molecule has 2 heterocycles. The van der Waals surface area contributed by atoms with E-state index in [9.17, 15) is 13.6 Å². The van der Waals surface area contributed by atoms with Gasteiger partial charge in [-0.25, -0.2) is 13.6 Å². The van der Waals surface area contributed by atoms with Crippen molar-refractivity contribution in [1.82, 2.24) is 0 Å². The predicted octanol–water partition coefficient (Wildman–Crippen LogP) is 3.64. The summed E-state index contributed by atoms with van der Waals surface area (Å²) in [5, 5.41) is 0. The summed E-state index contributed by atoms with van der Waals surface area (Å²) in [6.07, 6.45) is 0.986. The zero-order chi connectivity index (χ0) is 18.3. The Labute approximate surface area is 150 Å². The number of esters is 1. The van der Waals surface area contributed by atoms with Gasteiger partial charge in [0.05, 0.1) is 11.7 Å². The molecule has 0 aliphatic carbocycles. The predicted molar refractivity (Wildman–Crippen MR) is 92.3 cm³/mol. The standard InChI is InChI=1S/C20H19F2NO3/c1-25-14-6-7-23(11-14)13-3-4-15-16(10-13)20(24)26-19(15)9-12-2-5-17(21)18(22)8-12/h2-5,8,10,14,19H,6-7,9,11H2,1H3/t14-,19?/m1/s1. The van der Waals surface area contributed by atoms with E-state index in [0.717, 1.165) is 42.9 Å². The van der Waals surface area contributed by atoms with Crippen molar-refractivity contribution in [1.29, 1.82) is 0 Å². The van der Waals surface area contributed by atoms with Gasteiger partial charge in [0.15, 0.2) is 11.6 Å². The fourth-order valence-electron chi connectivity index (χ4n) is 3.64. The van der Waals surface area contributed by atoms with Gasteiger partial charge in [0.2, 0.25) is 0 Å². The highest BCUT2D eigenvalue weighted by Crippen LogP contribution is 2.36. The van der Waals surface area contributed by atoms with Gasteiger partial charge in [-0.2, -0.15) is 0 Å². The highest BCUT2D eigenvalue weighted by Gasteiger charge is 2.32. The van der Waals surface area contributed by atoms with Gasteiger partial charge >= 0.3 is 5.97 Å². The van der Waals surface area contributed by atoms with Gasteiger partial charge in [-0.3, -0.25) is 0 Å². The molecular formula is C20H19F2NO3. The first kappa shape index (κ1) is 17.0. The van der Waals surface area contributed by atoms with Crippen LogP contribution in [0.15, 0.2) is 36.4 Å². The van der Waals surface area contributed by atoms with Crippen molar-refractivity contribution < 1.29 is 23.0 Å². The average Bonchev–Trinajstić information content (AvgIpc) is 3.23. The van der Waals surface area contributed by atoms with Crippen LogP contribution in [0.2, 0.25) is 0 Å². The van der Waals surface area contributed by atoms with E-state index in [1.54, 1.807) is 7.11 Å². The second-order valence-electron chi connectivity index (χ2n) is 6.71. The molecule has 0 aromatic heterocycles. The third-order valence-corrected chi connectivity index (χ3v) is 5.10. The summed E-state index contributed by atoms with van der Waals surface area (Å²) in [5.41, 5.74) is 2.87. The molecule has 0 bridgehead atoms. The molecule has 0 amide bonds. The van der Waals surface area contributed by atoms with Crippen molar-refractivity contribution >= 4 is 11.7 Å². The minimum atomic E-state index is -0.899. The number of hydrogen-bond donors (Lipinski definition) is 0. The van der Waals surface area contributed by atoms with Crippen molar-refractivity contribution in [3.63, 3.8) is 0 Å². The molecule has 1 unspecified atom stereocenters. The lowest BCUT2D eigenvalue weighted by Crippen LogP contribution is -2.22. The fourth-order valence-corrected chi connectivity index (χ4v) is 3.64. The molecule has 136 valence electrons. The molecule has 2 aromatic carbocycles. The van der Waals surface area contributed by atoms with Gasteiger partial charge in [-0.15, -0.1) is 0 Å². The number of halogens is 2. The van der Waals surface area contributed by atoms with Gasteiger partial charge in [0.25, 0.3) is 0 Å². The van der Waals surface area contributed by atoms with Crippen LogP contribution in [-0.2, 0) is 15.9 Å². The molecule has 0 radical (unpaired) electrons. The molecule has 2 aliphatic rings. The highest BCUT2D eigenvalue weighted by molar-refractivity contribution is 5.95. The highest BCUT2D eigenvalue weighted by atomic mass is 19.2. The first-order valence-electron chi connectivity index (χ1n) is 8.61. The number of cyclic esters (lactones) is 1. The average molecular weight is 359 g/mol. The maximum Gasteiger partial charge on any atom is 0.339 e. The Hall–Kier alpha value is -2.47. The number of carbonyl (C=O) groups is 1. The van der Waals surface area contributed by atoms with Gasteiger partial charge in [-0.05, 0) is 36.2 Å². The molecule has 2 aromatic rings. The first-order valence-corrected chi connectivity index (χ1v) is 8.61. The quantitative estimate of drug-likeness (QED) is 0.782. The number of anilines is 1. The third-order valence-electron chi connectivity index (χ3n) is 5.10. The van der Waals surface area contributed by atoms with Crippen LogP contribution in [0, 0.1) is 11.6 Å². The summed E-state index contributed by atoms with van der Waals surface area (Å²) in [5.74, 6) is -2.16. The summed E-state index contributed by atoms with van der Waals surface area (Å²) in [7, 11) is 1.71. The zero-order valence-corrected chi connectivity index (χ0v) is 14.4. The van der Waals surface area contributed by atoms with Gasteiger partial charge in [-0.1, -0.05) is 12.1 Å². The van der Waals surface area contributed by atoms with Crippen LogP contribution in [0.5, 0.6) is 0 Å². The molecule has 6 heteroatoms. The largest absolute Gasteiger partial charge is 0.454 e. The van der Waals surface area contributed by atoms with Crippen LogP contribution in [0.25, 0.3) is 0 Å². The zero-order valence-electron chi connectivity index (χ0n) is 14.4. The van der Waals surface area contributed by atoms with Crippen molar-refractivity contribution in [2.75, 3.05) is 25.1 Å². The Bertz CT molecular complexity index is 855. The van der Waals surface area contributed by atoms with E-state index in [2.05, 4.69) is 4.90 Å². The number of fused-ring (bicyclic) bond motifs is 1. The number of benzene rings is 2. The molecule has 4 nitrogen and oxygen atoms in total. The molecule has 2 atom stereocenters. The van der Waals surface area contributed by atoms with Crippen molar-refractivity contribution in [3.05, 3.63) is 64.7 Å². The number of carbonyl (C=O) groups excluding carboxylic acids is 1. The minimum Gasteiger partial charge on any atom is -0.454 e. The molecule has 4 rings (SSSR count). The number of methoxy groups -OCH3 is 1. The Kier molecular flexibility index (Phi) is 4.36. The Balaban J connectivity index is 1.56. The Morgan fingerprint density at radius 2 is 2.04 bits per heavy atom. The van der Waals surface area contributed by atoms with E-state index in [1.807, 2.05) is 18.2 Å². The summed E-state index contributed by atoms with van der Waals surface area (Å²) in [6, 6.07) is 9.45. The number of rotatable bonds is 4. The maximum absolute atomic E-state index is 13.4. The normalized spacial score (nSPS) is 21.8. The summed E-state index contributed by atoms with van der Waals surface area (Å²) < 4.78 is 37.4. The molecule has 0 saturated carbocycles. The Morgan fingerprint density at radius 1 is 1.19 bits per heavy atom. The molecule has 0 N–H and O–H groups in total. The molecule has 0 spiro atoms. The molecule has 1 fully saturated rings. The van der Waals surface area contributed by atoms with E-state index >= 15 is 0 Å². The van der Waals surface area contributed by atoms with E-state index in [1.165, 1.54) is 6.07 Å². The van der Waals surface area contributed by atoms with Crippen LogP contribution in [0.3, 0.4) is 0 Å². The third kappa shape index (κ3) is 3.05. The van der Waals surface area contributed by atoms with E-state index in [0.29, 0.717) is 17.5 Å². The van der Waals surface area contributed by atoms with Crippen molar-refractivity contribution in [3.8, 4) is 0 Å². The second kappa shape index (κ2) is 6.68. The minimum absolute atomic E-state index is 0.205. The number of hydrogen-bond acceptors (Lipinski definition) is 4. The number of nitrogens with zero attached hydrogens (tertiary/aromatic N) is 1. The monoisotopic (exact) mass is 359 g/mol. The first-order chi connectivity index (χ1) is 12.5. The fraction of sp³-hybridized carbons (Fsp3) is 0.350. The summed E-state index contributed by atoms with van der Waals surface area (Å²) >= 11 is 0. The molecule has 2 aliphatic heterocycles. The second-order valence-corrected chi connectivity index (χ2v) is 6.71. The lowest BCUT2D eigenvalue weighted by atomic mass is 9.98. The van der Waals surface area contributed by atoms with Crippen LogP contribution >= 0.6 is 0 Å². The van der Waals surface area contributed by atoms with Crippen LogP contribution in [0.1, 0.15) is 34.0 Å². The molecular weight excluding hydrogens is 340 g/mol. The van der Waals surface area contributed by atoms with E-state index in [-0.39, 0.29) is 12.1 Å². The molecule has 26 heavy (non-hydrogen) atoms. The lowest BCUT2D eigenvalue weighted by molar-refractivity contribution is 0.0387. The van der Waals surface area contributed by atoms with Gasteiger partial charge in [0, 0.05) is 37.9 Å². The molecule has 1 saturated heterocycles. The summed E-state index contributed by atoms with van der Waals surface area (Å²) in [4.78, 5) is 14.5. The topological polar surface area (TPSA) is 38.8 Å². The van der Waals surface area contributed by atoms with Crippen LogP contribution in [0.4, 0.5) is 14.5 Å². The van der Waals surface area contributed by atoms with Crippen LogP contribution in [-0.4, -0.2) is 32.3 Å². The lowest BCUT2D eigenvalue weighted by Gasteiger charge is -2.19. The van der Waals surface area contributed by atoms with Crippen molar-refractivity contribution in [2.45, 2.75) is 25.0 Å². The maximum atomic E-state index is 13.4. The summed E-state index contributed by atoms with van der Waals surface area (Å²) in [6.45, 7) is 1.67. The Morgan fingerprint density at radius 3 is 2.77 bits per heavy atom.